The van der Waals surface area contributed by atoms with Crippen LogP contribution >= 0.6 is 11.6 Å². The summed E-state index contributed by atoms with van der Waals surface area (Å²) in [5.74, 6) is 0.869. The van der Waals surface area contributed by atoms with Gasteiger partial charge < -0.3 is 10.6 Å². The molecule has 1 saturated heterocycles. The predicted molar refractivity (Wildman–Crippen MR) is 97.9 cm³/mol. The van der Waals surface area contributed by atoms with E-state index in [-0.39, 0.29) is 12.0 Å². The molecule has 1 unspecified atom stereocenters. The number of benzene rings is 1. The van der Waals surface area contributed by atoms with Crippen LogP contribution in [0.15, 0.2) is 24.3 Å². The minimum Gasteiger partial charge on any atom is -0.340 e. The first kappa shape index (κ1) is 17.7. The number of nitrogens with two attached hydrogens (primary N) is 1. The lowest BCUT2D eigenvalue weighted by molar-refractivity contribution is -0.138. The fourth-order valence-electron chi connectivity index (χ4n) is 4.22. The molecule has 0 spiro atoms. The molecule has 2 fully saturated rings. The molecular formula is C19H28ClN3O. The van der Waals surface area contributed by atoms with E-state index in [1.165, 1.54) is 0 Å². The number of halogens is 1. The van der Waals surface area contributed by atoms with Gasteiger partial charge in [0, 0.05) is 43.2 Å². The number of nitrogens with zero attached hydrogens (tertiary/aromatic N) is 2. The van der Waals surface area contributed by atoms with E-state index in [2.05, 4.69) is 22.8 Å². The fraction of sp³-hybridized carbons (Fsp3) is 0.632. The van der Waals surface area contributed by atoms with Crippen molar-refractivity contribution in [3.8, 4) is 0 Å². The van der Waals surface area contributed by atoms with Gasteiger partial charge in [-0.1, -0.05) is 36.2 Å². The summed E-state index contributed by atoms with van der Waals surface area (Å²) in [6.07, 6.45) is 3.26. The SMILES string of the molecule is CC(c1ccccc1Cl)N1CCN(C(=O)[C@@H]2CCC[C@@H]2CN)CC1. The zero-order valence-corrected chi connectivity index (χ0v) is 15.2. The molecule has 1 saturated carbocycles. The van der Waals surface area contributed by atoms with E-state index in [0.717, 1.165) is 56.0 Å². The van der Waals surface area contributed by atoms with Gasteiger partial charge in [0.1, 0.15) is 0 Å². The van der Waals surface area contributed by atoms with Crippen LogP contribution in [0.25, 0.3) is 0 Å². The standard InChI is InChI=1S/C19H28ClN3O/c1-14(16-6-2-3-8-18(16)20)22-9-11-23(12-10-22)19(24)17-7-4-5-15(17)13-21/h2-3,6,8,14-15,17H,4-5,7,9-13,21H2,1H3/t14?,15-,17-/m1/s1. The van der Waals surface area contributed by atoms with Crippen LogP contribution in [0.2, 0.25) is 5.02 Å². The summed E-state index contributed by atoms with van der Waals surface area (Å²) >= 11 is 6.33. The summed E-state index contributed by atoms with van der Waals surface area (Å²) in [5.41, 5.74) is 7.01. The molecule has 24 heavy (non-hydrogen) atoms. The Hall–Kier alpha value is -1.10. The topological polar surface area (TPSA) is 49.6 Å². The number of piperazine rings is 1. The van der Waals surface area contributed by atoms with Crippen molar-refractivity contribution in [1.29, 1.82) is 0 Å². The van der Waals surface area contributed by atoms with Crippen LogP contribution in [0.3, 0.4) is 0 Å². The Morgan fingerprint density at radius 1 is 1.25 bits per heavy atom. The summed E-state index contributed by atoms with van der Waals surface area (Å²) in [6.45, 7) is 6.25. The molecule has 4 nitrogen and oxygen atoms in total. The van der Waals surface area contributed by atoms with Crippen LogP contribution in [0.5, 0.6) is 0 Å². The maximum Gasteiger partial charge on any atom is 0.226 e. The van der Waals surface area contributed by atoms with E-state index >= 15 is 0 Å². The second-order valence-electron chi connectivity index (χ2n) is 7.09. The lowest BCUT2D eigenvalue weighted by Crippen LogP contribution is -2.51. The van der Waals surface area contributed by atoms with Gasteiger partial charge in [0.25, 0.3) is 0 Å². The first-order valence-corrected chi connectivity index (χ1v) is 9.47. The molecule has 5 heteroatoms. The summed E-state index contributed by atoms with van der Waals surface area (Å²) in [5, 5.41) is 0.820. The van der Waals surface area contributed by atoms with Gasteiger partial charge in [-0.2, -0.15) is 0 Å². The summed E-state index contributed by atoms with van der Waals surface area (Å²) in [4.78, 5) is 17.3. The van der Waals surface area contributed by atoms with Gasteiger partial charge in [0.15, 0.2) is 0 Å². The molecule has 0 radical (unpaired) electrons. The minimum atomic E-state index is 0.155. The van der Waals surface area contributed by atoms with Crippen molar-refractivity contribution in [2.24, 2.45) is 17.6 Å². The second-order valence-corrected chi connectivity index (χ2v) is 7.50. The third kappa shape index (κ3) is 3.61. The largest absolute Gasteiger partial charge is 0.340 e. The summed E-state index contributed by atoms with van der Waals surface area (Å²) in [7, 11) is 0. The predicted octanol–water partition coefficient (Wildman–Crippen LogP) is 2.92. The molecule has 3 atom stereocenters. The molecule has 3 rings (SSSR count). The van der Waals surface area contributed by atoms with E-state index in [4.69, 9.17) is 17.3 Å². The van der Waals surface area contributed by atoms with Crippen molar-refractivity contribution in [3.05, 3.63) is 34.9 Å². The van der Waals surface area contributed by atoms with E-state index in [1.54, 1.807) is 0 Å². The molecule has 132 valence electrons. The van der Waals surface area contributed by atoms with Gasteiger partial charge >= 0.3 is 0 Å². The highest BCUT2D eigenvalue weighted by atomic mass is 35.5. The van der Waals surface area contributed by atoms with Crippen LogP contribution < -0.4 is 5.73 Å². The maximum absolute atomic E-state index is 12.8. The van der Waals surface area contributed by atoms with Gasteiger partial charge in [-0.25, -0.2) is 0 Å². The summed E-state index contributed by atoms with van der Waals surface area (Å²) in [6, 6.07) is 8.31. The summed E-state index contributed by atoms with van der Waals surface area (Å²) < 4.78 is 0. The third-order valence-electron chi connectivity index (χ3n) is 5.81. The van der Waals surface area contributed by atoms with Crippen molar-refractivity contribution in [2.75, 3.05) is 32.7 Å². The molecule has 1 amide bonds. The van der Waals surface area contributed by atoms with Gasteiger partial charge in [0.2, 0.25) is 5.91 Å². The Morgan fingerprint density at radius 3 is 2.62 bits per heavy atom. The normalized spacial score (nSPS) is 26.5. The van der Waals surface area contributed by atoms with E-state index < -0.39 is 0 Å². The Kier molecular flexibility index (Phi) is 5.80. The molecule has 1 aromatic carbocycles. The number of carbonyl (C=O) groups is 1. The zero-order chi connectivity index (χ0) is 17.1. The number of hydrogen-bond donors (Lipinski definition) is 1. The van der Waals surface area contributed by atoms with Crippen molar-refractivity contribution in [2.45, 2.75) is 32.2 Å². The monoisotopic (exact) mass is 349 g/mol. The van der Waals surface area contributed by atoms with Gasteiger partial charge in [-0.3, -0.25) is 9.69 Å². The lowest BCUT2D eigenvalue weighted by atomic mass is 9.94. The molecule has 1 aliphatic heterocycles. The highest BCUT2D eigenvalue weighted by Gasteiger charge is 2.36. The average molecular weight is 350 g/mol. The van der Waals surface area contributed by atoms with Crippen LogP contribution in [-0.4, -0.2) is 48.4 Å². The van der Waals surface area contributed by atoms with Crippen LogP contribution in [0.4, 0.5) is 0 Å². The van der Waals surface area contributed by atoms with Crippen molar-refractivity contribution in [3.63, 3.8) is 0 Å². The number of amides is 1. The third-order valence-corrected chi connectivity index (χ3v) is 6.15. The number of rotatable bonds is 4. The molecule has 2 aliphatic rings. The van der Waals surface area contributed by atoms with Gasteiger partial charge in [-0.15, -0.1) is 0 Å². The minimum absolute atomic E-state index is 0.155. The Morgan fingerprint density at radius 2 is 1.96 bits per heavy atom. The Bertz CT molecular complexity index is 571. The first-order valence-electron chi connectivity index (χ1n) is 9.09. The van der Waals surface area contributed by atoms with Gasteiger partial charge in [0.05, 0.1) is 0 Å². The van der Waals surface area contributed by atoms with Crippen LogP contribution in [0, 0.1) is 11.8 Å². The highest BCUT2D eigenvalue weighted by Crippen LogP contribution is 2.33. The quantitative estimate of drug-likeness (QED) is 0.909. The Balaban J connectivity index is 1.58. The van der Waals surface area contributed by atoms with Crippen LogP contribution in [-0.2, 0) is 4.79 Å². The number of carbonyl (C=O) groups excluding carboxylic acids is 1. The molecule has 1 aromatic rings. The highest BCUT2D eigenvalue weighted by molar-refractivity contribution is 6.31. The number of hydrogen-bond acceptors (Lipinski definition) is 3. The molecule has 0 bridgehead atoms. The van der Waals surface area contributed by atoms with Gasteiger partial charge in [-0.05, 0) is 43.9 Å². The van der Waals surface area contributed by atoms with Crippen molar-refractivity contribution < 1.29 is 4.79 Å². The smallest absolute Gasteiger partial charge is 0.226 e. The second kappa shape index (κ2) is 7.85. The Labute approximate surface area is 149 Å². The molecule has 2 N–H and O–H groups in total. The molecular weight excluding hydrogens is 322 g/mol. The first-order chi connectivity index (χ1) is 11.6. The van der Waals surface area contributed by atoms with Crippen LogP contribution in [0.1, 0.15) is 37.8 Å². The van der Waals surface area contributed by atoms with Crippen molar-refractivity contribution in [1.82, 2.24) is 9.80 Å². The molecule has 1 heterocycles. The van der Waals surface area contributed by atoms with E-state index in [0.29, 0.717) is 18.4 Å². The molecule has 1 aliphatic carbocycles. The average Bonchev–Trinajstić information content (AvgIpc) is 3.10. The van der Waals surface area contributed by atoms with E-state index in [1.807, 2.05) is 18.2 Å². The maximum atomic E-state index is 12.8. The fourth-order valence-corrected chi connectivity index (χ4v) is 4.51. The lowest BCUT2D eigenvalue weighted by Gasteiger charge is -2.39. The van der Waals surface area contributed by atoms with E-state index in [9.17, 15) is 4.79 Å². The van der Waals surface area contributed by atoms with Crippen molar-refractivity contribution >= 4 is 17.5 Å². The zero-order valence-electron chi connectivity index (χ0n) is 14.5. The molecule has 0 aromatic heterocycles.